The van der Waals surface area contributed by atoms with Gasteiger partial charge in [-0.15, -0.1) is 0 Å². The molecule has 3 rings (SSSR count). The van der Waals surface area contributed by atoms with Crippen molar-refractivity contribution in [2.24, 2.45) is 7.05 Å². The minimum absolute atomic E-state index is 0.0185. The molecule has 12 heteroatoms. The van der Waals surface area contributed by atoms with Crippen LogP contribution >= 0.6 is 23.2 Å². The Hall–Kier alpha value is -1.17. The van der Waals surface area contributed by atoms with E-state index in [9.17, 15) is 16.8 Å². The molecule has 0 spiro atoms. The summed E-state index contributed by atoms with van der Waals surface area (Å²) in [6.45, 7) is 0.454. The molecule has 2 aromatic rings. The van der Waals surface area contributed by atoms with Crippen LogP contribution in [0.3, 0.4) is 0 Å². The monoisotopic (exact) mass is 452 g/mol. The fourth-order valence-corrected chi connectivity index (χ4v) is 6.51. The van der Waals surface area contributed by atoms with Crippen LogP contribution in [-0.2, 0) is 27.1 Å². The molecule has 1 aromatic heterocycles. The number of nitrogens with zero attached hydrogens (tertiary/aromatic N) is 4. The predicted octanol–water partition coefficient (Wildman–Crippen LogP) is 1.81. The van der Waals surface area contributed by atoms with Gasteiger partial charge in [-0.3, -0.25) is 4.68 Å². The van der Waals surface area contributed by atoms with Crippen LogP contribution in [0.5, 0.6) is 0 Å². The summed E-state index contributed by atoms with van der Waals surface area (Å²) < 4.78 is 55.3. The molecule has 8 nitrogen and oxygen atoms in total. The minimum Gasteiger partial charge on any atom is -0.274 e. The number of benzene rings is 1. The third-order valence-electron chi connectivity index (χ3n) is 4.24. The number of aryl methyl sites for hydroxylation is 1. The Morgan fingerprint density at radius 3 is 2.19 bits per heavy atom. The Balaban J connectivity index is 1.83. The van der Waals surface area contributed by atoms with Gasteiger partial charge in [-0.25, -0.2) is 16.8 Å². The molecule has 1 aromatic carbocycles. The van der Waals surface area contributed by atoms with Gasteiger partial charge in [0.25, 0.3) is 0 Å². The molecular weight excluding hydrogens is 435 g/mol. The maximum Gasteiger partial charge on any atom is 0.246 e. The van der Waals surface area contributed by atoms with Crippen molar-refractivity contribution >= 4 is 43.2 Å². The maximum absolute atomic E-state index is 12.9. The molecule has 1 aliphatic heterocycles. The lowest BCUT2D eigenvalue weighted by atomic mass is 10.4. The zero-order valence-corrected chi connectivity index (χ0v) is 17.6. The molecule has 0 bridgehead atoms. The van der Waals surface area contributed by atoms with Gasteiger partial charge >= 0.3 is 0 Å². The quantitative estimate of drug-likeness (QED) is 0.704. The number of halogens is 2. The van der Waals surface area contributed by atoms with Crippen LogP contribution in [-0.4, -0.2) is 61.4 Å². The molecule has 0 saturated carbocycles. The van der Waals surface area contributed by atoms with Gasteiger partial charge < -0.3 is 0 Å². The van der Waals surface area contributed by atoms with Crippen LogP contribution in [0.2, 0.25) is 10.0 Å². The van der Waals surface area contributed by atoms with Crippen molar-refractivity contribution in [2.45, 2.75) is 16.2 Å². The second-order valence-corrected chi connectivity index (χ2v) is 10.8. The largest absolute Gasteiger partial charge is 0.274 e. The van der Waals surface area contributed by atoms with Crippen LogP contribution in [0.15, 0.2) is 40.4 Å². The standard InChI is InChI=1S/C15H18Cl2N4O4S2/c1-19-11-13(10-18-19)26(22,23)20-5-2-6-21(8-7-20)27(24,25)15-9-12(16)3-4-14(15)17/h3-4,9-11H,2,5-8H2,1H3. The van der Waals surface area contributed by atoms with Crippen molar-refractivity contribution in [3.63, 3.8) is 0 Å². The SMILES string of the molecule is Cn1cc(S(=O)(=O)N2CCCN(S(=O)(=O)c3cc(Cl)ccc3Cl)CC2)cn1. The first-order valence-corrected chi connectivity index (χ1v) is 11.7. The lowest BCUT2D eigenvalue weighted by Gasteiger charge is -2.21. The van der Waals surface area contributed by atoms with Gasteiger partial charge in [0.05, 0.1) is 11.2 Å². The summed E-state index contributed by atoms with van der Waals surface area (Å²) in [6.07, 6.45) is 3.05. The molecular formula is C15H18Cl2N4O4S2. The molecule has 2 heterocycles. The molecule has 0 atom stereocenters. The number of hydrogen-bond acceptors (Lipinski definition) is 5. The number of sulfonamides is 2. The van der Waals surface area contributed by atoms with Gasteiger partial charge in [0.1, 0.15) is 9.79 Å². The Morgan fingerprint density at radius 1 is 0.963 bits per heavy atom. The highest BCUT2D eigenvalue weighted by atomic mass is 35.5. The van der Waals surface area contributed by atoms with Gasteiger partial charge in [0, 0.05) is 44.4 Å². The Bertz CT molecular complexity index is 1050. The topological polar surface area (TPSA) is 92.6 Å². The fraction of sp³-hybridized carbons (Fsp3) is 0.400. The minimum atomic E-state index is -3.89. The van der Waals surface area contributed by atoms with Crippen LogP contribution in [0.1, 0.15) is 6.42 Å². The average Bonchev–Trinajstić information content (AvgIpc) is 2.89. The van der Waals surface area contributed by atoms with E-state index in [4.69, 9.17) is 23.2 Å². The van der Waals surface area contributed by atoms with Crippen LogP contribution in [0.25, 0.3) is 0 Å². The number of rotatable bonds is 4. The zero-order chi connectivity index (χ0) is 19.8. The van der Waals surface area contributed by atoms with E-state index in [0.29, 0.717) is 6.42 Å². The first-order valence-electron chi connectivity index (χ1n) is 8.06. The molecule has 148 valence electrons. The highest BCUT2D eigenvalue weighted by molar-refractivity contribution is 7.89. The van der Waals surface area contributed by atoms with Crippen molar-refractivity contribution in [1.82, 2.24) is 18.4 Å². The lowest BCUT2D eigenvalue weighted by Crippen LogP contribution is -2.37. The van der Waals surface area contributed by atoms with Crippen molar-refractivity contribution in [3.8, 4) is 0 Å². The normalized spacial score (nSPS) is 17.7. The average molecular weight is 453 g/mol. The second-order valence-electron chi connectivity index (χ2n) is 6.09. The van der Waals surface area contributed by atoms with E-state index >= 15 is 0 Å². The molecule has 0 N–H and O–H groups in total. The summed E-state index contributed by atoms with van der Waals surface area (Å²) in [7, 11) is -5.99. The maximum atomic E-state index is 12.9. The Kier molecular flexibility index (Phi) is 5.85. The van der Waals surface area contributed by atoms with Crippen molar-refractivity contribution in [1.29, 1.82) is 0 Å². The first kappa shape index (κ1) is 20.6. The van der Waals surface area contributed by atoms with E-state index < -0.39 is 20.0 Å². The van der Waals surface area contributed by atoms with Crippen molar-refractivity contribution in [3.05, 3.63) is 40.6 Å². The number of aromatic nitrogens is 2. The highest BCUT2D eigenvalue weighted by Crippen LogP contribution is 2.28. The fourth-order valence-electron chi connectivity index (χ4n) is 2.85. The first-order chi connectivity index (χ1) is 12.6. The summed E-state index contributed by atoms with van der Waals surface area (Å²) >= 11 is 12.0. The second kappa shape index (κ2) is 7.69. The molecule has 1 fully saturated rings. The molecule has 0 unspecified atom stereocenters. The third-order valence-corrected chi connectivity index (χ3v) is 8.71. The summed E-state index contributed by atoms with van der Waals surface area (Å²) in [4.78, 5) is -0.000532. The lowest BCUT2D eigenvalue weighted by molar-refractivity contribution is 0.404. The van der Waals surface area contributed by atoms with Gasteiger partial charge in [0.15, 0.2) is 0 Å². The number of hydrogen-bond donors (Lipinski definition) is 0. The van der Waals surface area contributed by atoms with E-state index in [-0.39, 0.29) is 46.0 Å². The van der Waals surface area contributed by atoms with E-state index in [1.54, 1.807) is 7.05 Å². The molecule has 1 saturated heterocycles. The Morgan fingerprint density at radius 2 is 1.59 bits per heavy atom. The predicted molar refractivity (Wildman–Crippen MR) is 102 cm³/mol. The van der Waals surface area contributed by atoms with Crippen LogP contribution < -0.4 is 0 Å². The van der Waals surface area contributed by atoms with Crippen LogP contribution in [0.4, 0.5) is 0 Å². The molecule has 0 amide bonds. The van der Waals surface area contributed by atoms with Gasteiger partial charge in [0.2, 0.25) is 20.0 Å². The van der Waals surface area contributed by atoms with Gasteiger partial charge in [-0.2, -0.15) is 13.7 Å². The summed E-state index contributed by atoms with van der Waals surface area (Å²) in [5.74, 6) is 0. The molecule has 1 aliphatic rings. The van der Waals surface area contributed by atoms with Crippen molar-refractivity contribution in [2.75, 3.05) is 26.2 Å². The summed E-state index contributed by atoms with van der Waals surface area (Å²) in [5, 5.41) is 4.22. The van der Waals surface area contributed by atoms with Crippen molar-refractivity contribution < 1.29 is 16.8 Å². The van der Waals surface area contributed by atoms with Gasteiger partial charge in [-0.1, -0.05) is 23.2 Å². The molecule has 0 radical (unpaired) electrons. The van der Waals surface area contributed by atoms with Gasteiger partial charge in [-0.05, 0) is 24.6 Å². The molecule has 27 heavy (non-hydrogen) atoms. The van der Waals surface area contributed by atoms with Crippen LogP contribution in [0, 0.1) is 0 Å². The van der Waals surface area contributed by atoms with E-state index in [1.807, 2.05) is 0 Å². The smallest absolute Gasteiger partial charge is 0.246 e. The third kappa shape index (κ3) is 4.15. The van der Waals surface area contributed by atoms with E-state index in [0.717, 1.165) is 0 Å². The summed E-state index contributed by atoms with van der Waals surface area (Å²) in [6, 6.07) is 4.23. The van der Waals surface area contributed by atoms with E-state index in [1.165, 1.54) is 43.9 Å². The highest BCUT2D eigenvalue weighted by Gasteiger charge is 2.33. The summed E-state index contributed by atoms with van der Waals surface area (Å²) in [5.41, 5.74) is 0. The Labute approximate surface area is 168 Å². The zero-order valence-electron chi connectivity index (χ0n) is 14.4. The molecule has 0 aliphatic carbocycles. The van der Waals surface area contributed by atoms with E-state index in [2.05, 4.69) is 5.10 Å².